The molecule has 0 aliphatic heterocycles. The standard InChI is InChI=1S/C18H23FN2/c1-13-9-10-20-11-15(13)12-21-17(18(2,3)4)14-5-7-16(19)8-6-14/h5-11,17,21H,12H2,1-4H3. The first kappa shape index (κ1) is 15.6. The first-order chi connectivity index (χ1) is 9.88. The zero-order valence-electron chi connectivity index (χ0n) is 13.2. The summed E-state index contributed by atoms with van der Waals surface area (Å²) in [6, 6.07) is 8.91. The first-order valence-electron chi connectivity index (χ1n) is 7.26. The summed E-state index contributed by atoms with van der Waals surface area (Å²) in [6.45, 7) is 9.39. The third kappa shape index (κ3) is 4.11. The van der Waals surface area contributed by atoms with Crippen LogP contribution in [0.4, 0.5) is 4.39 Å². The van der Waals surface area contributed by atoms with Gasteiger partial charge in [-0.3, -0.25) is 4.98 Å². The van der Waals surface area contributed by atoms with E-state index in [0.717, 1.165) is 12.1 Å². The van der Waals surface area contributed by atoms with Gasteiger partial charge in [-0.15, -0.1) is 0 Å². The van der Waals surface area contributed by atoms with E-state index in [2.05, 4.69) is 38.0 Å². The van der Waals surface area contributed by atoms with Crippen LogP contribution in [-0.2, 0) is 6.54 Å². The van der Waals surface area contributed by atoms with Gasteiger partial charge in [0.1, 0.15) is 5.82 Å². The predicted octanol–water partition coefficient (Wildman–Crippen LogP) is 4.41. The Morgan fingerprint density at radius 1 is 1.14 bits per heavy atom. The van der Waals surface area contributed by atoms with Crippen LogP contribution in [0.3, 0.4) is 0 Å². The number of hydrogen-bond acceptors (Lipinski definition) is 2. The Morgan fingerprint density at radius 2 is 1.81 bits per heavy atom. The van der Waals surface area contributed by atoms with Gasteiger partial charge >= 0.3 is 0 Å². The normalized spacial score (nSPS) is 13.2. The molecule has 0 spiro atoms. The molecule has 21 heavy (non-hydrogen) atoms. The van der Waals surface area contributed by atoms with Crippen LogP contribution in [0, 0.1) is 18.2 Å². The molecular weight excluding hydrogens is 263 g/mol. The Bertz CT molecular complexity index is 585. The van der Waals surface area contributed by atoms with Gasteiger partial charge in [-0.1, -0.05) is 32.9 Å². The van der Waals surface area contributed by atoms with Crippen LogP contribution in [0.15, 0.2) is 42.7 Å². The zero-order chi connectivity index (χ0) is 15.5. The summed E-state index contributed by atoms with van der Waals surface area (Å²) in [7, 11) is 0. The summed E-state index contributed by atoms with van der Waals surface area (Å²) in [5, 5.41) is 3.59. The molecule has 1 heterocycles. The lowest BCUT2D eigenvalue weighted by Gasteiger charge is -2.32. The van der Waals surface area contributed by atoms with Crippen molar-refractivity contribution in [1.82, 2.24) is 10.3 Å². The lowest BCUT2D eigenvalue weighted by atomic mass is 9.82. The molecule has 2 nitrogen and oxygen atoms in total. The minimum atomic E-state index is -0.200. The van der Waals surface area contributed by atoms with Crippen LogP contribution < -0.4 is 5.32 Å². The van der Waals surface area contributed by atoms with E-state index in [-0.39, 0.29) is 17.3 Å². The predicted molar refractivity (Wildman–Crippen MR) is 84.4 cm³/mol. The smallest absolute Gasteiger partial charge is 0.123 e. The summed E-state index contributed by atoms with van der Waals surface area (Å²) in [6.07, 6.45) is 3.70. The Labute approximate surface area is 126 Å². The van der Waals surface area contributed by atoms with Crippen molar-refractivity contribution in [3.05, 3.63) is 65.2 Å². The van der Waals surface area contributed by atoms with Crippen molar-refractivity contribution < 1.29 is 4.39 Å². The minimum absolute atomic E-state index is 0.0357. The summed E-state index contributed by atoms with van der Waals surface area (Å²) >= 11 is 0. The zero-order valence-corrected chi connectivity index (χ0v) is 13.2. The Morgan fingerprint density at radius 3 is 2.38 bits per heavy atom. The molecule has 2 aromatic rings. The summed E-state index contributed by atoms with van der Waals surface area (Å²) in [5.74, 6) is -0.200. The molecule has 1 atom stereocenters. The maximum absolute atomic E-state index is 13.1. The number of halogens is 1. The summed E-state index contributed by atoms with van der Waals surface area (Å²) in [5.41, 5.74) is 3.55. The third-order valence-corrected chi connectivity index (χ3v) is 3.71. The number of nitrogens with zero attached hydrogens (tertiary/aromatic N) is 1. The Balaban J connectivity index is 2.18. The van der Waals surface area contributed by atoms with Crippen molar-refractivity contribution in [3.8, 4) is 0 Å². The van der Waals surface area contributed by atoms with Crippen molar-refractivity contribution in [1.29, 1.82) is 0 Å². The molecule has 1 aromatic carbocycles. The van der Waals surface area contributed by atoms with Gasteiger partial charge in [0.25, 0.3) is 0 Å². The second-order valence-corrected chi connectivity index (χ2v) is 6.53. The van der Waals surface area contributed by atoms with E-state index < -0.39 is 0 Å². The maximum Gasteiger partial charge on any atom is 0.123 e. The molecule has 1 aromatic heterocycles. The summed E-state index contributed by atoms with van der Waals surface area (Å²) < 4.78 is 13.1. The molecule has 0 bridgehead atoms. The van der Waals surface area contributed by atoms with Gasteiger partial charge in [-0.2, -0.15) is 0 Å². The highest BCUT2D eigenvalue weighted by Gasteiger charge is 2.25. The van der Waals surface area contributed by atoms with E-state index in [0.29, 0.717) is 0 Å². The van der Waals surface area contributed by atoms with Crippen LogP contribution in [0.25, 0.3) is 0 Å². The van der Waals surface area contributed by atoms with E-state index in [9.17, 15) is 4.39 Å². The lowest BCUT2D eigenvalue weighted by Crippen LogP contribution is -2.32. The van der Waals surface area contributed by atoms with E-state index in [1.165, 1.54) is 23.3 Å². The first-order valence-corrected chi connectivity index (χ1v) is 7.26. The second kappa shape index (κ2) is 6.35. The SMILES string of the molecule is Cc1ccncc1CNC(c1ccc(F)cc1)C(C)(C)C. The number of benzene rings is 1. The number of rotatable bonds is 4. The van der Waals surface area contributed by atoms with Gasteiger partial charge in [-0.25, -0.2) is 4.39 Å². The molecule has 0 radical (unpaired) electrons. The molecule has 112 valence electrons. The summed E-state index contributed by atoms with van der Waals surface area (Å²) in [4.78, 5) is 4.18. The number of nitrogens with one attached hydrogen (secondary N) is 1. The number of pyridine rings is 1. The van der Waals surface area contributed by atoms with Crippen molar-refractivity contribution in [2.24, 2.45) is 5.41 Å². The van der Waals surface area contributed by atoms with E-state index in [1.807, 2.05) is 24.4 Å². The van der Waals surface area contributed by atoms with Crippen LogP contribution in [0.1, 0.15) is 43.5 Å². The fraction of sp³-hybridized carbons (Fsp3) is 0.389. The molecule has 2 rings (SSSR count). The third-order valence-electron chi connectivity index (χ3n) is 3.71. The monoisotopic (exact) mass is 286 g/mol. The van der Waals surface area contributed by atoms with Crippen LogP contribution in [0.2, 0.25) is 0 Å². The molecule has 0 aliphatic carbocycles. The number of aryl methyl sites for hydroxylation is 1. The minimum Gasteiger partial charge on any atom is -0.305 e. The average molecular weight is 286 g/mol. The average Bonchev–Trinajstić information content (AvgIpc) is 2.41. The maximum atomic E-state index is 13.1. The van der Waals surface area contributed by atoms with E-state index >= 15 is 0 Å². The fourth-order valence-corrected chi connectivity index (χ4v) is 2.47. The van der Waals surface area contributed by atoms with Crippen LogP contribution >= 0.6 is 0 Å². The lowest BCUT2D eigenvalue weighted by molar-refractivity contribution is 0.270. The Hall–Kier alpha value is -1.74. The van der Waals surface area contributed by atoms with Crippen LogP contribution in [-0.4, -0.2) is 4.98 Å². The molecule has 0 saturated carbocycles. The Kier molecular flexibility index (Phi) is 4.73. The second-order valence-electron chi connectivity index (χ2n) is 6.53. The molecule has 0 amide bonds. The molecule has 0 aliphatic rings. The van der Waals surface area contributed by atoms with Gasteiger partial charge in [-0.05, 0) is 47.2 Å². The highest BCUT2D eigenvalue weighted by molar-refractivity contribution is 5.24. The van der Waals surface area contributed by atoms with Crippen molar-refractivity contribution in [3.63, 3.8) is 0 Å². The fourth-order valence-electron chi connectivity index (χ4n) is 2.47. The van der Waals surface area contributed by atoms with Crippen molar-refractivity contribution in [2.45, 2.75) is 40.3 Å². The van der Waals surface area contributed by atoms with Crippen molar-refractivity contribution >= 4 is 0 Å². The number of aromatic nitrogens is 1. The van der Waals surface area contributed by atoms with Crippen LogP contribution in [0.5, 0.6) is 0 Å². The molecule has 0 saturated heterocycles. The quantitative estimate of drug-likeness (QED) is 0.900. The molecule has 1 N–H and O–H groups in total. The highest BCUT2D eigenvalue weighted by Crippen LogP contribution is 2.33. The van der Waals surface area contributed by atoms with Crippen molar-refractivity contribution in [2.75, 3.05) is 0 Å². The number of hydrogen-bond donors (Lipinski definition) is 1. The van der Waals surface area contributed by atoms with Gasteiger partial charge in [0.2, 0.25) is 0 Å². The molecule has 3 heteroatoms. The van der Waals surface area contributed by atoms with Gasteiger partial charge in [0.05, 0.1) is 0 Å². The van der Waals surface area contributed by atoms with E-state index in [1.54, 1.807) is 6.20 Å². The molecule has 0 fully saturated rings. The van der Waals surface area contributed by atoms with Gasteiger partial charge < -0.3 is 5.32 Å². The van der Waals surface area contributed by atoms with Gasteiger partial charge in [0, 0.05) is 25.0 Å². The van der Waals surface area contributed by atoms with E-state index in [4.69, 9.17) is 0 Å². The topological polar surface area (TPSA) is 24.9 Å². The molecule has 1 unspecified atom stereocenters. The van der Waals surface area contributed by atoms with Gasteiger partial charge in [0.15, 0.2) is 0 Å². The molecular formula is C18H23FN2. The highest BCUT2D eigenvalue weighted by atomic mass is 19.1. The largest absolute Gasteiger partial charge is 0.305 e.